The van der Waals surface area contributed by atoms with E-state index < -0.39 is 5.97 Å². The lowest BCUT2D eigenvalue weighted by molar-refractivity contribution is -0.138. The number of carboxylic acid groups (broad SMARTS) is 1. The molecule has 0 fully saturated rings. The molecule has 0 saturated carbocycles. The van der Waals surface area contributed by atoms with Crippen LogP contribution in [0.4, 0.5) is 0 Å². The molecule has 0 aromatic rings. The normalized spacial score (nSPS) is 10.9. The lowest BCUT2D eigenvalue weighted by Crippen LogP contribution is -2.34. The van der Waals surface area contributed by atoms with Gasteiger partial charge in [-0.1, -0.05) is 0 Å². The summed E-state index contributed by atoms with van der Waals surface area (Å²) in [6.45, 7) is 5.33. The number of hydrogen-bond donors (Lipinski definition) is 1. The first-order valence-corrected chi connectivity index (χ1v) is 5.21. The minimum atomic E-state index is -0.803. The summed E-state index contributed by atoms with van der Waals surface area (Å²) in [6, 6.07) is 0. The Bertz CT molecular complexity index is 164. The molecule has 5 heteroatoms. The molecule has 0 aliphatic rings. The van der Waals surface area contributed by atoms with E-state index in [1.165, 1.54) is 0 Å². The van der Waals surface area contributed by atoms with Crippen molar-refractivity contribution in [3.05, 3.63) is 0 Å². The van der Waals surface area contributed by atoms with Gasteiger partial charge in [0.15, 0.2) is 0 Å². The number of hydrogen-bond acceptors (Lipinski definition) is 4. The Balaban J connectivity index is 3.64. The van der Waals surface area contributed by atoms with Crippen molar-refractivity contribution in [2.75, 3.05) is 46.6 Å². The highest BCUT2D eigenvalue weighted by atomic mass is 16.5. The van der Waals surface area contributed by atoms with Crippen molar-refractivity contribution in [2.24, 2.45) is 0 Å². The Morgan fingerprint density at radius 1 is 1.33 bits per heavy atom. The number of methoxy groups -OCH3 is 1. The minimum absolute atomic E-state index is 0.0650. The maximum absolute atomic E-state index is 10.5. The van der Waals surface area contributed by atoms with E-state index in [2.05, 4.69) is 0 Å². The maximum Gasteiger partial charge on any atom is 0.317 e. The lowest BCUT2D eigenvalue weighted by Gasteiger charge is -2.19. The number of aliphatic carboxylic acids is 1. The number of rotatable bonds is 10. The van der Waals surface area contributed by atoms with E-state index in [-0.39, 0.29) is 6.54 Å². The van der Waals surface area contributed by atoms with Crippen LogP contribution in [0.3, 0.4) is 0 Å². The average Bonchev–Trinajstić information content (AvgIpc) is 2.19. The quantitative estimate of drug-likeness (QED) is 0.540. The third-order valence-electron chi connectivity index (χ3n) is 1.94. The molecule has 0 bridgehead atoms. The molecule has 0 aliphatic heterocycles. The largest absolute Gasteiger partial charge is 0.480 e. The number of nitrogens with zero attached hydrogens (tertiary/aromatic N) is 1. The molecule has 0 unspecified atom stereocenters. The van der Waals surface area contributed by atoms with Gasteiger partial charge in [-0.2, -0.15) is 0 Å². The summed E-state index contributed by atoms with van der Waals surface area (Å²) < 4.78 is 10.1. The summed E-state index contributed by atoms with van der Waals surface area (Å²) in [5, 5.41) is 8.67. The van der Waals surface area contributed by atoms with E-state index in [1.807, 2.05) is 11.8 Å². The van der Waals surface area contributed by atoms with Crippen molar-refractivity contribution < 1.29 is 19.4 Å². The summed E-state index contributed by atoms with van der Waals surface area (Å²) in [5.74, 6) is -0.803. The zero-order valence-electron chi connectivity index (χ0n) is 9.57. The summed E-state index contributed by atoms with van der Waals surface area (Å²) in [7, 11) is 1.61. The number of carbonyl (C=O) groups is 1. The fourth-order valence-electron chi connectivity index (χ4n) is 1.22. The van der Waals surface area contributed by atoms with Gasteiger partial charge in [0, 0.05) is 33.4 Å². The first kappa shape index (κ1) is 14.3. The second kappa shape index (κ2) is 9.89. The van der Waals surface area contributed by atoms with E-state index >= 15 is 0 Å². The molecule has 0 amide bonds. The molecule has 0 aromatic heterocycles. The summed E-state index contributed by atoms with van der Waals surface area (Å²) in [5.41, 5.74) is 0. The molecule has 0 aromatic carbocycles. The van der Waals surface area contributed by atoms with E-state index in [9.17, 15) is 4.79 Å². The molecule has 15 heavy (non-hydrogen) atoms. The van der Waals surface area contributed by atoms with Gasteiger partial charge in [-0.05, 0) is 13.3 Å². The van der Waals surface area contributed by atoms with Gasteiger partial charge in [-0.3, -0.25) is 9.69 Å². The SMILES string of the molecule is CCOCCCN(CCOC)CC(=O)O. The first-order chi connectivity index (χ1) is 7.20. The maximum atomic E-state index is 10.5. The van der Waals surface area contributed by atoms with Crippen LogP contribution in [0, 0.1) is 0 Å². The molecule has 90 valence electrons. The second-order valence-electron chi connectivity index (χ2n) is 3.21. The van der Waals surface area contributed by atoms with Crippen LogP contribution in [0.2, 0.25) is 0 Å². The smallest absolute Gasteiger partial charge is 0.317 e. The summed E-state index contributed by atoms with van der Waals surface area (Å²) >= 11 is 0. The van der Waals surface area contributed by atoms with E-state index in [4.69, 9.17) is 14.6 Å². The van der Waals surface area contributed by atoms with E-state index in [0.717, 1.165) is 13.0 Å². The van der Waals surface area contributed by atoms with Gasteiger partial charge in [0.1, 0.15) is 0 Å². The van der Waals surface area contributed by atoms with Crippen molar-refractivity contribution in [3.63, 3.8) is 0 Å². The standard InChI is InChI=1S/C10H21NO4/c1-3-15-7-4-5-11(6-8-14-2)9-10(12)13/h3-9H2,1-2H3,(H,12,13). The molecule has 1 N–H and O–H groups in total. The topological polar surface area (TPSA) is 59.0 Å². The predicted octanol–water partition coefficient (Wildman–Crippen LogP) is 0.446. The second-order valence-corrected chi connectivity index (χ2v) is 3.21. The summed E-state index contributed by atoms with van der Waals surface area (Å²) in [4.78, 5) is 12.4. The average molecular weight is 219 g/mol. The van der Waals surface area contributed by atoms with Crippen LogP contribution in [-0.4, -0.2) is 62.5 Å². The van der Waals surface area contributed by atoms with Gasteiger partial charge in [0.25, 0.3) is 0 Å². The fourth-order valence-corrected chi connectivity index (χ4v) is 1.22. The van der Waals surface area contributed by atoms with Gasteiger partial charge >= 0.3 is 5.97 Å². The molecule has 0 spiro atoms. The van der Waals surface area contributed by atoms with Crippen molar-refractivity contribution in [2.45, 2.75) is 13.3 Å². The first-order valence-electron chi connectivity index (χ1n) is 5.21. The third kappa shape index (κ3) is 9.65. The Kier molecular flexibility index (Phi) is 9.46. The third-order valence-corrected chi connectivity index (χ3v) is 1.94. The monoisotopic (exact) mass is 219 g/mol. The van der Waals surface area contributed by atoms with Gasteiger partial charge in [0.05, 0.1) is 13.2 Å². The number of carboxylic acids is 1. The van der Waals surface area contributed by atoms with Crippen molar-refractivity contribution in [1.29, 1.82) is 0 Å². The van der Waals surface area contributed by atoms with Crippen LogP contribution < -0.4 is 0 Å². The molecule has 0 radical (unpaired) electrons. The number of ether oxygens (including phenoxy) is 2. The van der Waals surface area contributed by atoms with Gasteiger partial charge < -0.3 is 14.6 Å². The van der Waals surface area contributed by atoms with Crippen LogP contribution in [0.5, 0.6) is 0 Å². The van der Waals surface area contributed by atoms with E-state index in [0.29, 0.717) is 26.4 Å². The molecule has 0 atom stereocenters. The highest BCUT2D eigenvalue weighted by molar-refractivity contribution is 5.69. The molecule has 0 aliphatic carbocycles. The van der Waals surface area contributed by atoms with Crippen LogP contribution in [-0.2, 0) is 14.3 Å². The zero-order chi connectivity index (χ0) is 11.5. The van der Waals surface area contributed by atoms with Crippen LogP contribution in [0.15, 0.2) is 0 Å². The van der Waals surface area contributed by atoms with Crippen molar-refractivity contribution >= 4 is 5.97 Å². The van der Waals surface area contributed by atoms with Gasteiger partial charge in [-0.15, -0.1) is 0 Å². The summed E-state index contributed by atoms with van der Waals surface area (Å²) in [6.07, 6.45) is 0.852. The Labute approximate surface area is 91.0 Å². The van der Waals surface area contributed by atoms with Crippen LogP contribution in [0.25, 0.3) is 0 Å². The zero-order valence-corrected chi connectivity index (χ0v) is 9.57. The lowest BCUT2D eigenvalue weighted by atomic mass is 10.3. The Morgan fingerprint density at radius 3 is 2.60 bits per heavy atom. The van der Waals surface area contributed by atoms with Gasteiger partial charge in [0.2, 0.25) is 0 Å². The van der Waals surface area contributed by atoms with Gasteiger partial charge in [-0.25, -0.2) is 0 Å². The molecular formula is C10H21NO4. The molecule has 0 saturated heterocycles. The van der Waals surface area contributed by atoms with Crippen LogP contribution in [0.1, 0.15) is 13.3 Å². The van der Waals surface area contributed by atoms with E-state index in [1.54, 1.807) is 7.11 Å². The molecule has 5 nitrogen and oxygen atoms in total. The molecule has 0 rings (SSSR count). The highest BCUT2D eigenvalue weighted by Crippen LogP contribution is 1.93. The highest BCUT2D eigenvalue weighted by Gasteiger charge is 2.08. The van der Waals surface area contributed by atoms with Crippen LogP contribution >= 0.6 is 0 Å². The Morgan fingerprint density at radius 2 is 2.07 bits per heavy atom. The molecule has 0 heterocycles. The Hall–Kier alpha value is -0.650. The predicted molar refractivity (Wildman–Crippen MR) is 57.1 cm³/mol. The fraction of sp³-hybridized carbons (Fsp3) is 0.900. The van der Waals surface area contributed by atoms with Crippen molar-refractivity contribution in [1.82, 2.24) is 4.90 Å². The molecular weight excluding hydrogens is 198 g/mol. The minimum Gasteiger partial charge on any atom is -0.480 e. The van der Waals surface area contributed by atoms with Crippen molar-refractivity contribution in [3.8, 4) is 0 Å².